The van der Waals surface area contributed by atoms with Gasteiger partial charge in [0, 0.05) is 36.0 Å². The topological polar surface area (TPSA) is 95.5 Å². The van der Waals surface area contributed by atoms with E-state index in [-0.39, 0.29) is 27.4 Å². The highest BCUT2D eigenvalue weighted by Gasteiger charge is 2.40. The third-order valence-electron chi connectivity index (χ3n) is 6.00. The summed E-state index contributed by atoms with van der Waals surface area (Å²) in [5.74, 6) is -2.13. The lowest BCUT2D eigenvalue weighted by Crippen LogP contribution is -2.41. The van der Waals surface area contributed by atoms with Crippen LogP contribution in [0.1, 0.15) is 17.8 Å². The predicted octanol–water partition coefficient (Wildman–Crippen LogP) is 4.32. The number of carbonyl (C=O) groups is 1. The second-order valence-electron chi connectivity index (χ2n) is 8.12. The third kappa shape index (κ3) is 4.37. The number of amides is 1. The van der Waals surface area contributed by atoms with Gasteiger partial charge in [0.05, 0.1) is 9.92 Å². The molecule has 1 aromatic heterocycles. The molecule has 190 valence electrons. The van der Waals surface area contributed by atoms with E-state index in [9.17, 15) is 30.8 Å². The Hall–Kier alpha value is -2.97. The number of rotatable bonds is 5. The normalized spacial score (nSPS) is 18.1. The summed E-state index contributed by atoms with van der Waals surface area (Å²) in [5.41, 5.74) is 1.86. The molecule has 0 saturated carbocycles. The van der Waals surface area contributed by atoms with Crippen LogP contribution >= 0.6 is 23.1 Å². The van der Waals surface area contributed by atoms with E-state index in [1.807, 2.05) is 9.62 Å². The van der Waals surface area contributed by atoms with Crippen LogP contribution in [0.15, 0.2) is 41.3 Å². The molecule has 3 heterocycles. The summed E-state index contributed by atoms with van der Waals surface area (Å²) in [4.78, 5) is 19.6. The van der Waals surface area contributed by atoms with E-state index in [1.165, 1.54) is 35.2 Å². The molecule has 36 heavy (non-hydrogen) atoms. The molecule has 2 aromatic carbocycles. The number of alkyl halides is 3. The maximum atomic E-state index is 13.8. The Morgan fingerprint density at radius 2 is 1.83 bits per heavy atom. The number of aromatic nitrogens is 2. The molecule has 1 fully saturated rings. The van der Waals surface area contributed by atoms with Crippen molar-refractivity contribution in [2.75, 3.05) is 27.6 Å². The minimum absolute atomic E-state index is 0.0610. The van der Waals surface area contributed by atoms with Crippen molar-refractivity contribution < 1.29 is 30.8 Å². The van der Waals surface area contributed by atoms with E-state index in [0.717, 1.165) is 5.69 Å². The average molecular weight is 562 g/mol. The van der Waals surface area contributed by atoms with Gasteiger partial charge in [-0.05, 0) is 54.8 Å². The Labute approximate surface area is 211 Å². The van der Waals surface area contributed by atoms with Gasteiger partial charge in [0.25, 0.3) is 10.0 Å². The van der Waals surface area contributed by atoms with Gasteiger partial charge < -0.3 is 9.80 Å². The number of hydrogen-bond acceptors (Lipinski definition) is 7. The molecule has 2 aliphatic heterocycles. The SMILES string of the molecule is O=C1[C@@H](N2CCc3c2ccc(F)c3Cl)CCN1c1ccc(S(=O)(=O)Nc2nc(C(F)(F)F)ns2)cc1. The molecule has 3 aromatic rings. The number of fused-ring (bicyclic) bond motifs is 1. The Kier molecular flexibility index (Phi) is 6.08. The van der Waals surface area contributed by atoms with Crippen LogP contribution in [-0.4, -0.2) is 42.8 Å². The minimum atomic E-state index is -4.79. The fourth-order valence-electron chi connectivity index (χ4n) is 4.34. The second kappa shape index (κ2) is 8.85. The molecule has 15 heteroatoms. The third-order valence-corrected chi connectivity index (χ3v) is 8.52. The van der Waals surface area contributed by atoms with E-state index in [1.54, 1.807) is 6.07 Å². The number of sulfonamides is 1. The maximum Gasteiger partial charge on any atom is 0.452 e. The molecule has 0 aliphatic carbocycles. The molecule has 1 N–H and O–H groups in total. The summed E-state index contributed by atoms with van der Waals surface area (Å²) in [7, 11) is -4.23. The molecule has 8 nitrogen and oxygen atoms in total. The van der Waals surface area contributed by atoms with Crippen molar-refractivity contribution in [3.05, 3.63) is 58.6 Å². The van der Waals surface area contributed by atoms with Crippen LogP contribution in [0.4, 0.5) is 34.1 Å². The summed E-state index contributed by atoms with van der Waals surface area (Å²) in [5, 5.41) is -0.458. The van der Waals surface area contributed by atoms with Crippen LogP contribution in [0.3, 0.4) is 0 Å². The fourth-order valence-corrected chi connectivity index (χ4v) is 6.40. The number of hydrogen-bond donors (Lipinski definition) is 1. The first kappa shape index (κ1) is 24.7. The highest BCUT2D eigenvalue weighted by Crippen LogP contribution is 2.38. The van der Waals surface area contributed by atoms with Crippen molar-refractivity contribution in [3.63, 3.8) is 0 Å². The second-order valence-corrected chi connectivity index (χ2v) is 10.9. The van der Waals surface area contributed by atoms with Crippen molar-refractivity contribution in [1.82, 2.24) is 9.36 Å². The molecule has 2 aliphatic rings. The number of benzene rings is 2. The molecule has 0 radical (unpaired) electrons. The summed E-state index contributed by atoms with van der Waals surface area (Å²) >= 11 is 6.36. The Morgan fingerprint density at radius 3 is 2.50 bits per heavy atom. The van der Waals surface area contributed by atoms with Gasteiger partial charge in [-0.25, -0.2) is 12.8 Å². The Balaban J connectivity index is 1.30. The van der Waals surface area contributed by atoms with E-state index in [4.69, 9.17) is 11.6 Å². The monoisotopic (exact) mass is 561 g/mol. The summed E-state index contributed by atoms with van der Waals surface area (Å²) in [6.07, 6.45) is -3.76. The molecule has 1 atom stereocenters. The minimum Gasteiger partial charge on any atom is -0.359 e. The van der Waals surface area contributed by atoms with Crippen molar-refractivity contribution in [2.24, 2.45) is 0 Å². The van der Waals surface area contributed by atoms with Crippen molar-refractivity contribution in [2.45, 2.75) is 30.0 Å². The Bertz CT molecular complexity index is 1450. The maximum absolute atomic E-state index is 13.8. The molecule has 1 saturated heterocycles. The lowest BCUT2D eigenvalue weighted by Gasteiger charge is -2.26. The number of nitrogens with zero attached hydrogens (tertiary/aromatic N) is 4. The smallest absolute Gasteiger partial charge is 0.359 e. The van der Waals surface area contributed by atoms with Crippen LogP contribution in [0.2, 0.25) is 5.02 Å². The lowest BCUT2D eigenvalue weighted by atomic mass is 10.1. The number of halogens is 5. The van der Waals surface area contributed by atoms with E-state index >= 15 is 0 Å². The zero-order valence-electron chi connectivity index (χ0n) is 18.1. The first-order valence-corrected chi connectivity index (χ1v) is 13.2. The van der Waals surface area contributed by atoms with Crippen LogP contribution in [-0.2, 0) is 27.4 Å². The van der Waals surface area contributed by atoms with Crippen molar-refractivity contribution in [3.8, 4) is 0 Å². The van der Waals surface area contributed by atoms with Gasteiger partial charge in [-0.1, -0.05) is 11.6 Å². The quantitative estimate of drug-likeness (QED) is 0.466. The molecular weight excluding hydrogens is 546 g/mol. The fraction of sp³-hybridized carbons (Fsp3) is 0.286. The average Bonchev–Trinajstić information content (AvgIpc) is 3.54. The van der Waals surface area contributed by atoms with Gasteiger partial charge in [-0.3, -0.25) is 9.52 Å². The zero-order chi connectivity index (χ0) is 25.8. The van der Waals surface area contributed by atoms with E-state index in [2.05, 4.69) is 9.36 Å². The van der Waals surface area contributed by atoms with Crippen LogP contribution in [0, 0.1) is 5.82 Å². The molecule has 5 rings (SSSR count). The molecule has 0 unspecified atom stereocenters. The molecule has 0 spiro atoms. The highest BCUT2D eigenvalue weighted by atomic mass is 35.5. The van der Waals surface area contributed by atoms with Gasteiger partial charge in [0.15, 0.2) is 0 Å². The van der Waals surface area contributed by atoms with Crippen LogP contribution in [0.5, 0.6) is 0 Å². The highest BCUT2D eigenvalue weighted by molar-refractivity contribution is 7.93. The zero-order valence-corrected chi connectivity index (χ0v) is 20.5. The van der Waals surface area contributed by atoms with Crippen LogP contribution < -0.4 is 14.5 Å². The predicted molar refractivity (Wildman–Crippen MR) is 125 cm³/mol. The standard InChI is InChI=1S/C21H16ClF4N5O3S2/c22-17-13-7-9-31(15(13)6-5-14(17)23)16-8-10-30(18(16)32)11-1-3-12(4-2-11)36(33,34)29-20-27-19(28-35-20)21(24,25)26/h1-6,16H,7-10H2,(H,27,28,29)/t16-/m0/s1. The number of carbonyl (C=O) groups excluding carboxylic acids is 1. The summed E-state index contributed by atoms with van der Waals surface area (Å²) < 4.78 is 82.0. The lowest BCUT2D eigenvalue weighted by molar-refractivity contribution is -0.144. The largest absolute Gasteiger partial charge is 0.452 e. The summed E-state index contributed by atoms with van der Waals surface area (Å²) in [6, 6.07) is 7.80. The van der Waals surface area contributed by atoms with E-state index < -0.39 is 39.0 Å². The van der Waals surface area contributed by atoms with E-state index in [0.29, 0.717) is 37.2 Å². The molecule has 0 bridgehead atoms. The number of nitrogens with one attached hydrogen (secondary N) is 1. The van der Waals surface area contributed by atoms with Gasteiger partial charge in [0.1, 0.15) is 11.9 Å². The summed E-state index contributed by atoms with van der Waals surface area (Å²) in [6.45, 7) is 0.910. The van der Waals surface area contributed by atoms with Gasteiger partial charge in [-0.15, -0.1) is 0 Å². The molecule has 1 amide bonds. The van der Waals surface area contributed by atoms with Gasteiger partial charge in [0.2, 0.25) is 16.9 Å². The number of anilines is 3. The van der Waals surface area contributed by atoms with Crippen molar-refractivity contribution >= 4 is 55.6 Å². The van der Waals surface area contributed by atoms with Crippen LogP contribution in [0.25, 0.3) is 0 Å². The first-order valence-electron chi connectivity index (χ1n) is 10.5. The molecular formula is C21H16ClF4N5O3S2. The van der Waals surface area contributed by atoms with Gasteiger partial charge in [-0.2, -0.15) is 22.5 Å². The van der Waals surface area contributed by atoms with Crippen molar-refractivity contribution in [1.29, 1.82) is 0 Å². The van der Waals surface area contributed by atoms with Gasteiger partial charge >= 0.3 is 6.18 Å². The first-order chi connectivity index (χ1) is 17.0. The Morgan fingerprint density at radius 1 is 1.11 bits per heavy atom.